The van der Waals surface area contributed by atoms with E-state index in [-0.39, 0.29) is 0 Å². The second kappa shape index (κ2) is 3.21. The van der Waals surface area contributed by atoms with Crippen LogP contribution >= 0.6 is 0 Å². The SMILES string of the molecule is [CH2]CCN1CCCC1C. The lowest BCUT2D eigenvalue weighted by molar-refractivity contribution is 0.274. The number of nitrogens with zero attached hydrogens (tertiary/aromatic N) is 1. The minimum atomic E-state index is 0.826. The van der Waals surface area contributed by atoms with Crippen molar-refractivity contribution in [1.82, 2.24) is 4.90 Å². The first-order chi connectivity index (χ1) is 4.34. The summed E-state index contributed by atoms with van der Waals surface area (Å²) in [5.41, 5.74) is 0. The van der Waals surface area contributed by atoms with Gasteiger partial charge in [-0.15, -0.1) is 0 Å². The molecule has 1 aliphatic rings. The zero-order valence-corrected chi connectivity index (χ0v) is 6.27. The summed E-state index contributed by atoms with van der Waals surface area (Å²) in [6.07, 6.45) is 3.84. The Morgan fingerprint density at radius 1 is 1.67 bits per heavy atom. The van der Waals surface area contributed by atoms with Crippen molar-refractivity contribution < 1.29 is 0 Å². The third-order valence-corrected chi connectivity index (χ3v) is 2.14. The largest absolute Gasteiger partial charge is 0.301 e. The van der Waals surface area contributed by atoms with E-state index in [1.807, 2.05) is 0 Å². The highest BCUT2D eigenvalue weighted by Crippen LogP contribution is 2.15. The van der Waals surface area contributed by atoms with Crippen LogP contribution in [0.2, 0.25) is 0 Å². The molecule has 1 radical (unpaired) electrons. The van der Waals surface area contributed by atoms with Crippen LogP contribution in [-0.2, 0) is 0 Å². The van der Waals surface area contributed by atoms with Gasteiger partial charge in [-0.25, -0.2) is 0 Å². The van der Waals surface area contributed by atoms with E-state index < -0.39 is 0 Å². The van der Waals surface area contributed by atoms with E-state index >= 15 is 0 Å². The van der Waals surface area contributed by atoms with Crippen molar-refractivity contribution in [3.05, 3.63) is 6.92 Å². The second-order valence-electron chi connectivity index (χ2n) is 2.88. The van der Waals surface area contributed by atoms with Crippen molar-refractivity contribution in [3.63, 3.8) is 0 Å². The molecule has 1 saturated heterocycles. The molecule has 0 aromatic heterocycles. The lowest BCUT2D eigenvalue weighted by atomic mass is 10.2. The molecule has 53 valence electrons. The normalized spacial score (nSPS) is 29.3. The van der Waals surface area contributed by atoms with Gasteiger partial charge in [0.25, 0.3) is 0 Å². The average Bonchev–Trinajstić information content (AvgIpc) is 2.18. The molecule has 0 N–H and O–H groups in total. The minimum absolute atomic E-state index is 0.826. The van der Waals surface area contributed by atoms with Crippen LogP contribution in [0.3, 0.4) is 0 Å². The van der Waals surface area contributed by atoms with E-state index in [0.717, 1.165) is 12.5 Å². The molecule has 0 amide bonds. The van der Waals surface area contributed by atoms with E-state index in [1.165, 1.54) is 25.9 Å². The van der Waals surface area contributed by atoms with Gasteiger partial charge < -0.3 is 4.90 Å². The van der Waals surface area contributed by atoms with Crippen LogP contribution in [0.5, 0.6) is 0 Å². The number of rotatable bonds is 2. The van der Waals surface area contributed by atoms with Gasteiger partial charge in [0.1, 0.15) is 0 Å². The van der Waals surface area contributed by atoms with Gasteiger partial charge in [-0.05, 0) is 39.3 Å². The Hall–Kier alpha value is -0.0400. The summed E-state index contributed by atoms with van der Waals surface area (Å²) in [7, 11) is 0. The molecule has 1 atom stereocenters. The van der Waals surface area contributed by atoms with Crippen molar-refractivity contribution in [3.8, 4) is 0 Å². The van der Waals surface area contributed by atoms with Gasteiger partial charge >= 0.3 is 0 Å². The molecule has 1 heterocycles. The molecule has 9 heavy (non-hydrogen) atoms. The molecule has 1 fully saturated rings. The Bertz CT molecular complexity index is 80.6. The highest BCUT2D eigenvalue weighted by atomic mass is 15.2. The summed E-state index contributed by atoms with van der Waals surface area (Å²) >= 11 is 0. The lowest BCUT2D eigenvalue weighted by Gasteiger charge is -2.19. The molecule has 0 aromatic rings. The predicted molar refractivity (Wildman–Crippen MR) is 40.2 cm³/mol. The monoisotopic (exact) mass is 126 g/mol. The van der Waals surface area contributed by atoms with Crippen molar-refractivity contribution in [2.45, 2.75) is 32.2 Å². The van der Waals surface area contributed by atoms with Crippen LogP contribution in [-0.4, -0.2) is 24.0 Å². The van der Waals surface area contributed by atoms with Gasteiger partial charge in [0.05, 0.1) is 0 Å². The van der Waals surface area contributed by atoms with Crippen molar-refractivity contribution >= 4 is 0 Å². The van der Waals surface area contributed by atoms with E-state index in [9.17, 15) is 0 Å². The molecule has 0 spiro atoms. The Morgan fingerprint density at radius 2 is 2.44 bits per heavy atom. The van der Waals surface area contributed by atoms with Crippen LogP contribution in [0.1, 0.15) is 26.2 Å². The van der Waals surface area contributed by atoms with Gasteiger partial charge in [-0.1, -0.05) is 6.92 Å². The van der Waals surface area contributed by atoms with Crippen molar-refractivity contribution in [2.24, 2.45) is 0 Å². The van der Waals surface area contributed by atoms with E-state index in [1.54, 1.807) is 0 Å². The maximum atomic E-state index is 3.84. The Labute approximate surface area is 58.0 Å². The molecule has 1 nitrogen and oxygen atoms in total. The number of hydrogen-bond donors (Lipinski definition) is 0. The summed E-state index contributed by atoms with van der Waals surface area (Å²) in [5.74, 6) is 0. The molecule has 1 unspecified atom stereocenters. The molecule has 0 aliphatic carbocycles. The van der Waals surface area contributed by atoms with E-state index in [0.29, 0.717) is 0 Å². The molecule has 1 rings (SSSR count). The van der Waals surface area contributed by atoms with Crippen LogP contribution < -0.4 is 0 Å². The third kappa shape index (κ3) is 1.68. The fraction of sp³-hybridized carbons (Fsp3) is 0.875. The first kappa shape index (κ1) is 7.07. The molecule has 1 aliphatic heterocycles. The summed E-state index contributed by atoms with van der Waals surface area (Å²) in [6, 6.07) is 0.826. The summed E-state index contributed by atoms with van der Waals surface area (Å²) in [5, 5.41) is 0. The molecular formula is C8H16N. The molecular weight excluding hydrogens is 110 g/mol. The molecule has 0 saturated carbocycles. The van der Waals surface area contributed by atoms with Crippen LogP contribution in [0, 0.1) is 6.92 Å². The Kier molecular flexibility index (Phi) is 2.52. The first-order valence-corrected chi connectivity index (χ1v) is 3.88. The highest BCUT2D eigenvalue weighted by molar-refractivity contribution is 4.74. The highest BCUT2D eigenvalue weighted by Gasteiger charge is 2.17. The Morgan fingerprint density at radius 3 is 2.89 bits per heavy atom. The van der Waals surface area contributed by atoms with E-state index in [2.05, 4.69) is 18.7 Å². The fourth-order valence-corrected chi connectivity index (χ4v) is 1.53. The maximum Gasteiger partial charge on any atom is 0.00674 e. The summed E-state index contributed by atoms with van der Waals surface area (Å²) < 4.78 is 0. The van der Waals surface area contributed by atoms with Gasteiger partial charge in [0, 0.05) is 6.04 Å². The smallest absolute Gasteiger partial charge is 0.00674 e. The van der Waals surface area contributed by atoms with Gasteiger partial charge in [-0.2, -0.15) is 0 Å². The van der Waals surface area contributed by atoms with Gasteiger partial charge in [0.15, 0.2) is 0 Å². The lowest BCUT2D eigenvalue weighted by Crippen LogP contribution is -2.27. The summed E-state index contributed by atoms with van der Waals surface area (Å²) in [6.45, 7) is 8.65. The van der Waals surface area contributed by atoms with Crippen LogP contribution in [0.15, 0.2) is 0 Å². The first-order valence-electron chi connectivity index (χ1n) is 3.88. The molecule has 0 bridgehead atoms. The zero-order chi connectivity index (χ0) is 6.69. The van der Waals surface area contributed by atoms with Gasteiger partial charge in [0.2, 0.25) is 0 Å². The number of likely N-dealkylation sites (tertiary alicyclic amines) is 1. The standard InChI is InChI=1S/C8H16N/c1-3-6-9-7-4-5-8(9)2/h8H,1,3-7H2,2H3. The maximum absolute atomic E-state index is 3.84. The topological polar surface area (TPSA) is 3.24 Å². The third-order valence-electron chi connectivity index (χ3n) is 2.14. The zero-order valence-electron chi connectivity index (χ0n) is 6.27. The van der Waals surface area contributed by atoms with Gasteiger partial charge in [-0.3, -0.25) is 0 Å². The minimum Gasteiger partial charge on any atom is -0.301 e. The van der Waals surface area contributed by atoms with Crippen LogP contribution in [0.25, 0.3) is 0 Å². The molecule has 1 heteroatoms. The fourth-order valence-electron chi connectivity index (χ4n) is 1.53. The average molecular weight is 126 g/mol. The van der Waals surface area contributed by atoms with Crippen molar-refractivity contribution in [1.29, 1.82) is 0 Å². The second-order valence-corrected chi connectivity index (χ2v) is 2.88. The quantitative estimate of drug-likeness (QED) is 0.544. The summed E-state index contributed by atoms with van der Waals surface area (Å²) in [4.78, 5) is 2.52. The Balaban J connectivity index is 2.22. The van der Waals surface area contributed by atoms with E-state index in [4.69, 9.17) is 0 Å². The number of hydrogen-bond acceptors (Lipinski definition) is 1. The predicted octanol–water partition coefficient (Wildman–Crippen LogP) is 1.69. The molecule has 0 aromatic carbocycles. The van der Waals surface area contributed by atoms with Crippen molar-refractivity contribution in [2.75, 3.05) is 13.1 Å². The van der Waals surface area contributed by atoms with Crippen LogP contribution in [0.4, 0.5) is 0 Å².